The lowest BCUT2D eigenvalue weighted by atomic mass is 10.1. The molecule has 1 aliphatic rings. The molecule has 0 spiro atoms. The van der Waals surface area contributed by atoms with E-state index in [4.69, 9.17) is 9.57 Å². The predicted octanol–water partition coefficient (Wildman–Crippen LogP) is 1.60. The van der Waals surface area contributed by atoms with Crippen LogP contribution in [0.1, 0.15) is 32.8 Å². The highest BCUT2D eigenvalue weighted by atomic mass is 16.7. The van der Waals surface area contributed by atoms with Crippen LogP contribution in [0.4, 0.5) is 4.79 Å². The third-order valence-corrected chi connectivity index (χ3v) is 3.52. The molecule has 1 saturated heterocycles. The molecule has 1 aromatic carbocycles. The summed E-state index contributed by atoms with van der Waals surface area (Å²) in [5, 5.41) is 10.0. The van der Waals surface area contributed by atoms with Gasteiger partial charge in [0.15, 0.2) is 0 Å². The summed E-state index contributed by atoms with van der Waals surface area (Å²) in [6.45, 7) is 5.69. The topological polar surface area (TPSA) is 88.1 Å². The van der Waals surface area contributed by atoms with Crippen molar-refractivity contribution in [2.75, 3.05) is 6.54 Å². The molecule has 2 atom stereocenters. The molecule has 7 nitrogen and oxygen atoms in total. The summed E-state index contributed by atoms with van der Waals surface area (Å²) < 4.78 is 5.28. The summed E-state index contributed by atoms with van der Waals surface area (Å²) in [6.07, 6.45) is -1.25. The number of aliphatic hydroxyl groups is 1. The second-order valence-electron chi connectivity index (χ2n) is 6.72. The molecular formula is C17H24N2O5. The lowest BCUT2D eigenvalue weighted by molar-refractivity contribution is -0.141. The molecule has 7 heteroatoms. The molecule has 2 N–H and O–H groups in total. The van der Waals surface area contributed by atoms with Gasteiger partial charge in [-0.3, -0.25) is 14.5 Å². The van der Waals surface area contributed by atoms with Crippen LogP contribution in [-0.4, -0.2) is 46.3 Å². The van der Waals surface area contributed by atoms with Gasteiger partial charge in [-0.2, -0.15) is 0 Å². The van der Waals surface area contributed by atoms with Crippen LogP contribution in [0, 0.1) is 0 Å². The standard InChI is InChI=1S/C17H24N2O5/c1-17(2,3)24-16(22)19-10-9-13(20)14(19)15(21)18-23-11-12-7-5-4-6-8-12/h4-8,13-14,20H,9-11H2,1-3H3,(H,18,21)/t13-,14-/m0/s1. The molecule has 1 heterocycles. The fraction of sp³-hybridized carbons (Fsp3) is 0.529. The first-order valence-corrected chi connectivity index (χ1v) is 7.91. The minimum atomic E-state index is -1.02. The minimum absolute atomic E-state index is 0.196. The summed E-state index contributed by atoms with van der Waals surface area (Å²) in [7, 11) is 0. The zero-order valence-electron chi connectivity index (χ0n) is 14.2. The van der Waals surface area contributed by atoms with Crippen molar-refractivity contribution in [1.82, 2.24) is 10.4 Å². The van der Waals surface area contributed by atoms with E-state index < -0.39 is 29.7 Å². The Kier molecular flexibility index (Phi) is 5.80. The first kappa shape index (κ1) is 18.2. The number of nitrogens with zero attached hydrogens (tertiary/aromatic N) is 1. The van der Waals surface area contributed by atoms with Crippen LogP contribution in [0.2, 0.25) is 0 Å². The van der Waals surface area contributed by atoms with Gasteiger partial charge >= 0.3 is 6.09 Å². The molecule has 0 saturated carbocycles. The van der Waals surface area contributed by atoms with Gasteiger partial charge in [-0.1, -0.05) is 30.3 Å². The fourth-order valence-corrected chi connectivity index (χ4v) is 2.44. The van der Waals surface area contributed by atoms with Gasteiger partial charge in [0.2, 0.25) is 0 Å². The van der Waals surface area contributed by atoms with Crippen molar-refractivity contribution in [1.29, 1.82) is 0 Å². The zero-order valence-corrected chi connectivity index (χ0v) is 14.2. The maximum absolute atomic E-state index is 12.3. The number of likely N-dealkylation sites (tertiary alicyclic amines) is 1. The van der Waals surface area contributed by atoms with Crippen LogP contribution in [0.5, 0.6) is 0 Å². The highest BCUT2D eigenvalue weighted by Gasteiger charge is 2.42. The van der Waals surface area contributed by atoms with E-state index in [0.29, 0.717) is 6.42 Å². The number of hydroxylamine groups is 1. The Morgan fingerprint density at radius 3 is 2.58 bits per heavy atom. The number of aliphatic hydroxyl groups excluding tert-OH is 1. The van der Waals surface area contributed by atoms with E-state index in [-0.39, 0.29) is 13.2 Å². The molecule has 2 amide bonds. The largest absolute Gasteiger partial charge is 0.444 e. The number of ether oxygens (including phenoxy) is 1. The van der Waals surface area contributed by atoms with Crippen molar-refractivity contribution >= 4 is 12.0 Å². The van der Waals surface area contributed by atoms with Gasteiger partial charge in [-0.25, -0.2) is 10.3 Å². The molecule has 0 aliphatic carbocycles. The average Bonchev–Trinajstić information content (AvgIpc) is 2.88. The molecule has 2 rings (SSSR count). The van der Waals surface area contributed by atoms with Crippen LogP contribution < -0.4 is 5.48 Å². The number of hydrogen-bond donors (Lipinski definition) is 2. The van der Waals surface area contributed by atoms with Crippen LogP contribution >= 0.6 is 0 Å². The van der Waals surface area contributed by atoms with E-state index in [9.17, 15) is 14.7 Å². The van der Waals surface area contributed by atoms with Crippen LogP contribution in [0.15, 0.2) is 30.3 Å². The number of carbonyl (C=O) groups is 2. The van der Waals surface area contributed by atoms with Crippen molar-refractivity contribution in [2.45, 2.75) is 51.5 Å². The van der Waals surface area contributed by atoms with Gasteiger partial charge in [0.1, 0.15) is 11.6 Å². The maximum Gasteiger partial charge on any atom is 0.411 e. The third kappa shape index (κ3) is 4.94. The highest BCUT2D eigenvalue weighted by Crippen LogP contribution is 2.21. The molecule has 0 unspecified atom stereocenters. The Bertz CT molecular complexity index is 570. The van der Waals surface area contributed by atoms with Gasteiger partial charge in [0.05, 0.1) is 12.7 Å². The third-order valence-electron chi connectivity index (χ3n) is 3.52. The molecule has 0 aromatic heterocycles. The smallest absolute Gasteiger partial charge is 0.411 e. The Labute approximate surface area is 141 Å². The fourth-order valence-electron chi connectivity index (χ4n) is 2.44. The Balaban J connectivity index is 1.91. The minimum Gasteiger partial charge on any atom is -0.444 e. The van der Waals surface area contributed by atoms with Gasteiger partial charge in [-0.05, 0) is 32.8 Å². The summed E-state index contributed by atoms with van der Waals surface area (Å²) in [6, 6.07) is 8.33. The number of nitrogens with one attached hydrogen (secondary N) is 1. The van der Waals surface area contributed by atoms with Gasteiger partial charge in [0.25, 0.3) is 5.91 Å². The number of carbonyl (C=O) groups excluding carboxylic acids is 2. The molecule has 24 heavy (non-hydrogen) atoms. The van der Waals surface area contributed by atoms with Gasteiger partial charge < -0.3 is 9.84 Å². The van der Waals surface area contributed by atoms with Crippen molar-refractivity contribution in [3.8, 4) is 0 Å². The summed E-state index contributed by atoms with van der Waals surface area (Å²) in [5.74, 6) is -0.568. The number of amides is 2. The average molecular weight is 336 g/mol. The second kappa shape index (κ2) is 7.63. The van der Waals surface area contributed by atoms with Crippen molar-refractivity contribution in [2.24, 2.45) is 0 Å². The molecule has 1 aliphatic heterocycles. The number of benzene rings is 1. The number of rotatable bonds is 4. The maximum atomic E-state index is 12.3. The highest BCUT2D eigenvalue weighted by molar-refractivity contribution is 5.86. The van der Waals surface area contributed by atoms with Crippen LogP contribution in [-0.2, 0) is 21.0 Å². The van der Waals surface area contributed by atoms with Crippen LogP contribution in [0.3, 0.4) is 0 Å². The van der Waals surface area contributed by atoms with Crippen molar-refractivity contribution < 1.29 is 24.3 Å². The monoisotopic (exact) mass is 336 g/mol. The summed E-state index contributed by atoms with van der Waals surface area (Å²) >= 11 is 0. The van der Waals surface area contributed by atoms with Gasteiger partial charge in [0, 0.05) is 6.54 Å². The normalized spacial score (nSPS) is 20.8. The van der Waals surface area contributed by atoms with E-state index in [2.05, 4.69) is 5.48 Å². The molecule has 1 aromatic rings. The molecular weight excluding hydrogens is 312 g/mol. The lowest BCUT2D eigenvalue weighted by Crippen LogP contribution is -2.51. The summed E-state index contributed by atoms with van der Waals surface area (Å²) in [5.41, 5.74) is 2.53. The first-order chi connectivity index (χ1) is 11.3. The quantitative estimate of drug-likeness (QED) is 0.816. The molecule has 0 radical (unpaired) electrons. The van der Waals surface area contributed by atoms with Crippen LogP contribution in [0.25, 0.3) is 0 Å². The SMILES string of the molecule is CC(C)(C)OC(=O)N1CC[C@H](O)[C@H]1C(=O)NOCc1ccccc1. The number of hydrogen-bond acceptors (Lipinski definition) is 5. The first-order valence-electron chi connectivity index (χ1n) is 7.91. The summed E-state index contributed by atoms with van der Waals surface area (Å²) in [4.78, 5) is 30.9. The van der Waals surface area contributed by atoms with E-state index in [0.717, 1.165) is 5.56 Å². The van der Waals surface area contributed by atoms with Crippen molar-refractivity contribution in [3.63, 3.8) is 0 Å². The van der Waals surface area contributed by atoms with Gasteiger partial charge in [-0.15, -0.1) is 0 Å². The predicted molar refractivity (Wildman–Crippen MR) is 86.7 cm³/mol. The van der Waals surface area contributed by atoms with E-state index in [1.165, 1.54) is 4.90 Å². The zero-order chi connectivity index (χ0) is 17.7. The molecule has 1 fully saturated rings. The Morgan fingerprint density at radius 1 is 1.29 bits per heavy atom. The van der Waals surface area contributed by atoms with E-state index in [1.54, 1.807) is 20.8 Å². The van der Waals surface area contributed by atoms with E-state index >= 15 is 0 Å². The molecule has 132 valence electrons. The van der Waals surface area contributed by atoms with Crippen molar-refractivity contribution in [3.05, 3.63) is 35.9 Å². The molecule has 0 bridgehead atoms. The second-order valence-corrected chi connectivity index (χ2v) is 6.72. The Morgan fingerprint density at radius 2 is 1.96 bits per heavy atom. The Hall–Kier alpha value is -2.12. The van der Waals surface area contributed by atoms with E-state index in [1.807, 2.05) is 30.3 Å². The lowest BCUT2D eigenvalue weighted by Gasteiger charge is -2.28.